The van der Waals surface area contributed by atoms with Crippen LogP contribution in [0.4, 0.5) is 17.1 Å². The van der Waals surface area contributed by atoms with Gasteiger partial charge in [-0.3, -0.25) is 0 Å². The van der Waals surface area contributed by atoms with Gasteiger partial charge in [-0.05, 0) is 76.9 Å². The molecule has 0 unspecified atom stereocenters. The molecule has 240 valence electrons. The molecule has 0 aliphatic heterocycles. The van der Waals surface area contributed by atoms with Crippen LogP contribution in [0.2, 0.25) is 0 Å². The molecule has 8 aromatic carbocycles. The summed E-state index contributed by atoms with van der Waals surface area (Å²) in [7, 11) is 0. The molecule has 10 aromatic rings. The third kappa shape index (κ3) is 5.01. The van der Waals surface area contributed by atoms with Gasteiger partial charge in [0.2, 0.25) is 0 Å². The van der Waals surface area contributed by atoms with Gasteiger partial charge >= 0.3 is 0 Å². The van der Waals surface area contributed by atoms with Crippen LogP contribution in [0.25, 0.3) is 69.9 Å². The summed E-state index contributed by atoms with van der Waals surface area (Å²) in [5, 5.41) is 5.06. The van der Waals surface area contributed by atoms with Gasteiger partial charge in [0.25, 0.3) is 0 Å². The number of rotatable bonds is 6. The number of benzene rings is 8. The molecule has 0 radical (unpaired) electrons. The van der Waals surface area contributed by atoms with Gasteiger partial charge in [-0.2, -0.15) is 0 Å². The van der Waals surface area contributed by atoms with Gasteiger partial charge in [-0.1, -0.05) is 140 Å². The maximum atomic E-state index is 2.44. The molecule has 0 N–H and O–H groups in total. The first-order chi connectivity index (χ1) is 25.3. The van der Waals surface area contributed by atoms with Crippen LogP contribution in [-0.2, 0) is 0 Å². The molecule has 0 aliphatic carbocycles. The van der Waals surface area contributed by atoms with Gasteiger partial charge in [0.1, 0.15) is 0 Å². The Morgan fingerprint density at radius 3 is 1.37 bits per heavy atom. The summed E-state index contributed by atoms with van der Waals surface area (Å²) in [6.45, 7) is 0. The average Bonchev–Trinajstić information content (AvgIpc) is 3.75. The van der Waals surface area contributed by atoms with Crippen molar-refractivity contribution < 1.29 is 0 Å². The zero-order chi connectivity index (χ0) is 33.7. The maximum absolute atomic E-state index is 2.44. The summed E-state index contributed by atoms with van der Waals surface area (Å²) in [6.07, 6.45) is 0. The molecular weight excluding hydrogens is 637 g/mol. The van der Waals surface area contributed by atoms with E-state index in [1.54, 1.807) is 0 Å². The van der Waals surface area contributed by atoms with Crippen LogP contribution in [0.3, 0.4) is 0 Å². The SMILES string of the molecule is c1ccc(-c2ccc(N(c3ccc(-c4ccccc4)cc3)c3cc(-n4c5ccccc5c5ccccc54)cc4c3sc3ccccc34)cc2)cc1. The highest BCUT2D eigenvalue weighted by Gasteiger charge is 2.22. The zero-order valence-electron chi connectivity index (χ0n) is 27.8. The highest BCUT2D eigenvalue weighted by Crippen LogP contribution is 2.47. The topological polar surface area (TPSA) is 8.17 Å². The zero-order valence-corrected chi connectivity index (χ0v) is 28.6. The first-order valence-electron chi connectivity index (χ1n) is 17.4. The van der Waals surface area contributed by atoms with Crippen LogP contribution in [0.15, 0.2) is 194 Å². The van der Waals surface area contributed by atoms with E-state index in [1.165, 1.54) is 64.2 Å². The van der Waals surface area contributed by atoms with Crippen molar-refractivity contribution >= 4 is 70.4 Å². The molecule has 2 nitrogen and oxygen atoms in total. The molecule has 3 heteroatoms. The lowest BCUT2D eigenvalue weighted by Crippen LogP contribution is -2.11. The Kier molecular flexibility index (Phi) is 7.04. The van der Waals surface area contributed by atoms with Gasteiger partial charge in [-0.15, -0.1) is 11.3 Å². The monoisotopic (exact) mass is 668 g/mol. The third-order valence-electron chi connectivity index (χ3n) is 9.99. The van der Waals surface area contributed by atoms with E-state index in [9.17, 15) is 0 Å². The summed E-state index contributed by atoms with van der Waals surface area (Å²) in [5.41, 5.74) is 11.8. The van der Waals surface area contributed by atoms with Gasteiger partial charge < -0.3 is 9.47 Å². The third-order valence-corrected chi connectivity index (χ3v) is 11.2. The molecule has 2 aromatic heterocycles. The van der Waals surface area contributed by atoms with Gasteiger partial charge in [-0.25, -0.2) is 0 Å². The van der Waals surface area contributed by atoms with Crippen molar-refractivity contribution in [2.24, 2.45) is 0 Å². The fourth-order valence-electron chi connectivity index (χ4n) is 7.58. The van der Waals surface area contributed by atoms with Crippen LogP contribution >= 0.6 is 11.3 Å². The quantitative estimate of drug-likeness (QED) is 0.171. The molecule has 51 heavy (non-hydrogen) atoms. The lowest BCUT2D eigenvalue weighted by atomic mass is 10.0. The molecule has 0 saturated heterocycles. The predicted molar refractivity (Wildman–Crippen MR) is 219 cm³/mol. The summed E-state index contributed by atoms with van der Waals surface area (Å²) < 4.78 is 4.99. The molecule has 0 aliphatic rings. The minimum Gasteiger partial charge on any atom is -0.309 e. The van der Waals surface area contributed by atoms with E-state index < -0.39 is 0 Å². The van der Waals surface area contributed by atoms with Crippen LogP contribution in [-0.4, -0.2) is 4.57 Å². The number of nitrogens with zero attached hydrogens (tertiary/aromatic N) is 2. The molecule has 0 atom stereocenters. The number of thiophene rings is 1. The van der Waals surface area contributed by atoms with Gasteiger partial charge in [0, 0.05) is 43.3 Å². The second-order valence-corrected chi connectivity index (χ2v) is 14.0. The van der Waals surface area contributed by atoms with Crippen molar-refractivity contribution in [2.75, 3.05) is 4.90 Å². The Balaban J connectivity index is 1.25. The summed E-state index contributed by atoms with van der Waals surface area (Å²) >= 11 is 1.87. The molecule has 0 bridgehead atoms. The summed E-state index contributed by atoms with van der Waals surface area (Å²) in [5.74, 6) is 0. The Morgan fingerprint density at radius 2 is 0.824 bits per heavy atom. The van der Waals surface area contributed by atoms with Crippen LogP contribution in [0.1, 0.15) is 0 Å². The average molecular weight is 669 g/mol. The fraction of sp³-hybridized carbons (Fsp3) is 0. The molecule has 2 heterocycles. The lowest BCUT2D eigenvalue weighted by molar-refractivity contribution is 1.18. The van der Waals surface area contributed by atoms with Crippen LogP contribution in [0.5, 0.6) is 0 Å². The first-order valence-corrected chi connectivity index (χ1v) is 18.2. The predicted octanol–water partition coefficient (Wildman–Crippen LogP) is 14.0. The number of hydrogen-bond donors (Lipinski definition) is 0. The summed E-state index contributed by atoms with van der Waals surface area (Å²) in [6, 6.07) is 70.4. The minimum absolute atomic E-state index is 1.11. The van der Waals surface area contributed by atoms with E-state index in [1.807, 2.05) is 11.3 Å². The van der Waals surface area contributed by atoms with Crippen molar-refractivity contribution in [1.29, 1.82) is 0 Å². The molecule has 0 saturated carbocycles. The van der Waals surface area contributed by atoms with Crippen LogP contribution in [0, 0.1) is 0 Å². The highest BCUT2D eigenvalue weighted by atomic mass is 32.1. The van der Waals surface area contributed by atoms with Gasteiger partial charge in [0.05, 0.1) is 21.4 Å². The number of para-hydroxylation sites is 2. The first kappa shape index (κ1) is 29.5. The normalized spacial score (nSPS) is 11.5. The van der Waals surface area contributed by atoms with Gasteiger partial charge in [0.15, 0.2) is 0 Å². The molecule has 0 amide bonds. The molecular formula is C48H32N2S. The van der Waals surface area contributed by atoms with E-state index in [0.717, 1.165) is 22.7 Å². The van der Waals surface area contributed by atoms with E-state index in [-0.39, 0.29) is 0 Å². The van der Waals surface area contributed by atoms with Crippen molar-refractivity contribution in [1.82, 2.24) is 4.57 Å². The number of fused-ring (bicyclic) bond motifs is 6. The molecule has 10 rings (SSSR count). The Bertz CT molecular complexity index is 2690. The highest BCUT2D eigenvalue weighted by molar-refractivity contribution is 7.26. The molecule has 0 spiro atoms. The van der Waals surface area contributed by atoms with E-state index >= 15 is 0 Å². The lowest BCUT2D eigenvalue weighted by Gasteiger charge is -2.27. The Hall–Kier alpha value is -6.42. The minimum atomic E-state index is 1.11. The second-order valence-electron chi connectivity index (χ2n) is 13.0. The standard InChI is InChI=1S/C48H32N2S/c1-3-13-33(14-4-1)35-23-27-37(28-24-35)49(38-29-25-36(26-30-38)34-15-5-2-6-16-34)46-32-39(31-43-42-19-9-12-22-47(42)51-48(43)46)50-44-20-10-7-17-40(44)41-18-8-11-21-45(41)50/h1-32H. The van der Waals surface area contributed by atoms with Crippen molar-refractivity contribution in [3.8, 4) is 27.9 Å². The van der Waals surface area contributed by atoms with Crippen LogP contribution < -0.4 is 4.90 Å². The van der Waals surface area contributed by atoms with E-state index in [0.29, 0.717) is 0 Å². The second kappa shape index (κ2) is 12.2. The number of anilines is 3. The molecule has 0 fully saturated rings. The van der Waals surface area contributed by atoms with Crippen molar-refractivity contribution in [2.45, 2.75) is 0 Å². The smallest absolute Gasteiger partial charge is 0.0661 e. The Labute approximate surface area is 300 Å². The van der Waals surface area contributed by atoms with E-state index in [4.69, 9.17) is 0 Å². The van der Waals surface area contributed by atoms with E-state index in [2.05, 4.69) is 204 Å². The Morgan fingerprint density at radius 1 is 0.373 bits per heavy atom. The maximum Gasteiger partial charge on any atom is 0.0661 e. The van der Waals surface area contributed by atoms with Crippen molar-refractivity contribution in [3.05, 3.63) is 194 Å². The number of aromatic nitrogens is 1. The largest absolute Gasteiger partial charge is 0.309 e. The number of hydrogen-bond acceptors (Lipinski definition) is 2. The van der Waals surface area contributed by atoms with Crippen molar-refractivity contribution in [3.63, 3.8) is 0 Å². The fourth-order valence-corrected chi connectivity index (χ4v) is 8.77. The summed E-state index contributed by atoms with van der Waals surface area (Å²) in [4.78, 5) is 2.44.